The van der Waals surface area contributed by atoms with Gasteiger partial charge in [-0.05, 0) is 56.5 Å². The Morgan fingerprint density at radius 3 is 2.27 bits per heavy atom. The average Bonchev–Trinajstić information content (AvgIpc) is 2.95. The van der Waals surface area contributed by atoms with Gasteiger partial charge < -0.3 is 14.5 Å². The van der Waals surface area contributed by atoms with Crippen LogP contribution in [0.5, 0.6) is 0 Å². The number of hydrogen-bond donors (Lipinski definition) is 0. The van der Waals surface area contributed by atoms with Gasteiger partial charge in [-0.3, -0.25) is 9.78 Å². The first-order chi connectivity index (χ1) is 17.2. The Bertz CT molecular complexity index is 1100. The first kappa shape index (κ1) is 28.1. The number of carbonyl (C=O) groups excluding carboxylic acids is 2. The second-order valence-corrected chi connectivity index (χ2v) is 8.76. The van der Waals surface area contributed by atoms with Crippen molar-refractivity contribution < 1.29 is 45.5 Å². The summed E-state index contributed by atoms with van der Waals surface area (Å²) in [5.74, 6) is -0.570. The third kappa shape index (κ3) is 7.04. The first-order valence-corrected chi connectivity index (χ1v) is 11.3. The first-order valence-electron chi connectivity index (χ1n) is 11.3. The number of rotatable bonds is 5. The zero-order valence-electron chi connectivity index (χ0n) is 20.2. The van der Waals surface area contributed by atoms with Crippen molar-refractivity contribution in [2.75, 3.05) is 11.6 Å². The number of hydroxylamine groups is 1. The lowest BCUT2D eigenvalue weighted by Crippen LogP contribution is -2.33. The summed E-state index contributed by atoms with van der Waals surface area (Å²) >= 11 is 0. The molecule has 0 radical (unpaired) electrons. The minimum atomic E-state index is -5.02. The van der Waals surface area contributed by atoms with Crippen LogP contribution in [0.4, 0.5) is 36.8 Å². The Hall–Kier alpha value is -3.51. The van der Waals surface area contributed by atoms with Crippen LogP contribution in [0.15, 0.2) is 36.7 Å². The van der Waals surface area contributed by atoms with E-state index < -0.39 is 54.2 Å². The number of alkyl halides is 6. The van der Waals surface area contributed by atoms with Gasteiger partial charge in [0.2, 0.25) is 5.91 Å². The van der Waals surface area contributed by atoms with Crippen LogP contribution in [0.2, 0.25) is 0 Å². The Kier molecular flexibility index (Phi) is 8.23. The summed E-state index contributed by atoms with van der Waals surface area (Å²) < 4.78 is 85.1. The van der Waals surface area contributed by atoms with E-state index in [1.54, 1.807) is 13.8 Å². The number of halogens is 6. The number of hydrogen-bond acceptors (Lipinski definition) is 6. The summed E-state index contributed by atoms with van der Waals surface area (Å²) in [7, 11) is 0. The number of benzene rings is 1. The molecule has 0 saturated heterocycles. The SMILES string of the molecule is CC(=O)N(Cc1cc(C(F)(F)F)cc(C(F)(F)F)c1)C1CCCN(OC(=O)OC(C)C)c2ccncc21. The van der Waals surface area contributed by atoms with Gasteiger partial charge in [-0.25, -0.2) is 9.86 Å². The Labute approximate surface area is 208 Å². The molecule has 2 aromatic rings. The maximum Gasteiger partial charge on any atom is 0.533 e. The van der Waals surface area contributed by atoms with E-state index in [1.165, 1.54) is 35.3 Å². The van der Waals surface area contributed by atoms with E-state index in [2.05, 4.69) is 4.98 Å². The molecular weight excluding hydrogens is 508 g/mol. The summed E-state index contributed by atoms with van der Waals surface area (Å²) in [6.45, 7) is 4.14. The molecule has 1 atom stereocenters. The quantitative estimate of drug-likeness (QED) is 0.333. The van der Waals surface area contributed by atoms with Crippen LogP contribution in [0.1, 0.15) is 61.9 Å². The highest BCUT2D eigenvalue weighted by Gasteiger charge is 2.38. The Balaban J connectivity index is 2.00. The number of pyridine rings is 1. The molecule has 1 aliphatic heterocycles. The van der Waals surface area contributed by atoms with E-state index in [0.717, 1.165) is 0 Å². The Morgan fingerprint density at radius 2 is 1.73 bits per heavy atom. The predicted octanol–water partition coefficient (Wildman–Crippen LogP) is 6.29. The molecule has 1 unspecified atom stereocenters. The maximum absolute atomic E-state index is 13.4. The van der Waals surface area contributed by atoms with Gasteiger partial charge in [0.25, 0.3) is 0 Å². The van der Waals surface area contributed by atoms with Gasteiger partial charge in [0, 0.05) is 31.4 Å². The van der Waals surface area contributed by atoms with Crippen molar-refractivity contribution in [3.63, 3.8) is 0 Å². The lowest BCUT2D eigenvalue weighted by atomic mass is 9.99. The van der Waals surface area contributed by atoms with Crippen molar-refractivity contribution in [2.45, 2.75) is 64.7 Å². The van der Waals surface area contributed by atoms with Gasteiger partial charge >= 0.3 is 18.5 Å². The van der Waals surface area contributed by atoms with E-state index in [4.69, 9.17) is 9.57 Å². The summed E-state index contributed by atoms with van der Waals surface area (Å²) in [4.78, 5) is 35.3. The predicted molar refractivity (Wildman–Crippen MR) is 119 cm³/mol. The molecule has 0 bridgehead atoms. The molecule has 0 spiro atoms. The molecule has 37 heavy (non-hydrogen) atoms. The lowest BCUT2D eigenvalue weighted by molar-refractivity contribution is -0.143. The third-order valence-corrected chi connectivity index (χ3v) is 5.59. The van der Waals surface area contributed by atoms with Gasteiger partial charge in [0.15, 0.2) is 0 Å². The molecule has 0 N–H and O–H groups in total. The van der Waals surface area contributed by atoms with Crippen molar-refractivity contribution in [1.29, 1.82) is 0 Å². The van der Waals surface area contributed by atoms with Crippen molar-refractivity contribution in [2.24, 2.45) is 0 Å². The van der Waals surface area contributed by atoms with Crippen LogP contribution in [-0.2, 0) is 33.3 Å². The van der Waals surface area contributed by atoms with Gasteiger partial charge in [0.1, 0.15) is 0 Å². The molecular formula is C24H25F6N3O4. The third-order valence-electron chi connectivity index (χ3n) is 5.59. The molecule has 0 saturated carbocycles. The number of aromatic nitrogens is 1. The fraction of sp³-hybridized carbons (Fsp3) is 0.458. The van der Waals surface area contributed by atoms with Crippen LogP contribution in [-0.4, -0.2) is 34.6 Å². The molecule has 1 aliphatic rings. The number of anilines is 1. The van der Waals surface area contributed by atoms with Crippen molar-refractivity contribution in [3.8, 4) is 0 Å². The summed E-state index contributed by atoms with van der Waals surface area (Å²) in [6, 6.07) is 2.01. The lowest BCUT2D eigenvalue weighted by Gasteiger charge is -2.32. The molecule has 1 aromatic heterocycles. The maximum atomic E-state index is 13.4. The molecule has 13 heteroatoms. The summed E-state index contributed by atoms with van der Waals surface area (Å²) in [6.07, 6.45) is -7.94. The average molecular weight is 533 g/mol. The monoisotopic (exact) mass is 533 g/mol. The minimum Gasteiger partial charge on any atom is -0.430 e. The largest absolute Gasteiger partial charge is 0.533 e. The second kappa shape index (κ2) is 10.9. The highest BCUT2D eigenvalue weighted by molar-refractivity contribution is 5.74. The van der Waals surface area contributed by atoms with E-state index in [1.807, 2.05) is 0 Å². The normalized spacial score (nSPS) is 16.2. The Morgan fingerprint density at radius 1 is 1.11 bits per heavy atom. The standard InChI is InChI=1S/C24H25F6N3O4/c1-14(2)36-22(35)37-33-8-4-5-20(19-12-31-7-6-21(19)33)32(15(3)34)13-16-9-17(23(25,26)27)11-18(10-16)24(28,29)30/h6-7,9-12,14,20H,4-5,8,13H2,1-3H3. The smallest absolute Gasteiger partial charge is 0.430 e. The van der Waals surface area contributed by atoms with Crippen molar-refractivity contribution in [1.82, 2.24) is 9.88 Å². The van der Waals surface area contributed by atoms with E-state index in [-0.39, 0.29) is 24.6 Å². The van der Waals surface area contributed by atoms with Gasteiger partial charge in [-0.1, -0.05) is 0 Å². The number of amides is 1. The highest BCUT2D eigenvalue weighted by Crippen LogP contribution is 2.39. The van der Waals surface area contributed by atoms with Crippen LogP contribution in [0.25, 0.3) is 0 Å². The van der Waals surface area contributed by atoms with Crippen molar-refractivity contribution in [3.05, 3.63) is 58.9 Å². The molecule has 1 aromatic carbocycles. The van der Waals surface area contributed by atoms with Crippen LogP contribution in [0.3, 0.4) is 0 Å². The fourth-order valence-electron chi connectivity index (χ4n) is 4.06. The molecule has 1 amide bonds. The fourth-order valence-corrected chi connectivity index (χ4v) is 4.06. The van der Waals surface area contributed by atoms with Crippen molar-refractivity contribution >= 4 is 17.7 Å². The van der Waals surface area contributed by atoms with E-state index in [9.17, 15) is 35.9 Å². The van der Waals surface area contributed by atoms with Gasteiger partial charge in [0.05, 0.1) is 35.5 Å². The number of fused-ring (bicyclic) bond motifs is 1. The number of ether oxygens (including phenoxy) is 1. The zero-order chi connectivity index (χ0) is 27.5. The van der Waals surface area contributed by atoms with Gasteiger partial charge in [-0.15, -0.1) is 0 Å². The van der Waals surface area contributed by atoms with E-state index >= 15 is 0 Å². The zero-order valence-corrected chi connectivity index (χ0v) is 20.2. The topological polar surface area (TPSA) is 72.0 Å². The van der Waals surface area contributed by atoms with Crippen LogP contribution >= 0.6 is 0 Å². The molecule has 3 rings (SSSR count). The molecule has 7 nitrogen and oxygen atoms in total. The molecule has 202 valence electrons. The number of carbonyl (C=O) groups is 2. The minimum absolute atomic E-state index is 0.0396. The summed E-state index contributed by atoms with van der Waals surface area (Å²) in [5, 5.41) is 1.27. The van der Waals surface area contributed by atoms with E-state index in [0.29, 0.717) is 29.8 Å². The second-order valence-electron chi connectivity index (χ2n) is 8.76. The van der Waals surface area contributed by atoms with Crippen LogP contribution in [0, 0.1) is 0 Å². The highest BCUT2D eigenvalue weighted by atomic mass is 19.4. The summed E-state index contributed by atoms with van der Waals surface area (Å²) in [5.41, 5.74) is -2.49. The number of nitrogens with zero attached hydrogens (tertiary/aromatic N) is 3. The van der Waals surface area contributed by atoms with Gasteiger partial charge in [-0.2, -0.15) is 26.3 Å². The molecule has 2 heterocycles. The molecule has 0 fully saturated rings. The van der Waals surface area contributed by atoms with Crippen LogP contribution < -0.4 is 5.06 Å². The molecule has 0 aliphatic carbocycles.